The van der Waals surface area contributed by atoms with Gasteiger partial charge in [0.15, 0.2) is 11.5 Å². The fraction of sp³-hybridized carbons (Fsp3) is 0.562. The molecule has 1 aliphatic heterocycles. The van der Waals surface area contributed by atoms with Crippen LogP contribution in [0.15, 0.2) is 24.3 Å². The van der Waals surface area contributed by atoms with E-state index in [-0.39, 0.29) is 5.91 Å². The van der Waals surface area contributed by atoms with Crippen molar-refractivity contribution in [3.05, 3.63) is 24.3 Å². The number of hydrogen-bond donors (Lipinski definition) is 0. The van der Waals surface area contributed by atoms with Crippen LogP contribution in [-0.2, 0) is 4.79 Å². The van der Waals surface area contributed by atoms with Crippen LogP contribution in [0.25, 0.3) is 0 Å². The molecular formula is C16H21NO3. The van der Waals surface area contributed by atoms with E-state index in [1.54, 1.807) is 0 Å². The first-order valence-corrected chi connectivity index (χ1v) is 7.41. The molecular weight excluding hydrogens is 254 g/mol. The molecule has 1 saturated carbocycles. The predicted octanol–water partition coefficient (Wildman–Crippen LogP) is 2.62. The molecule has 1 fully saturated rings. The van der Waals surface area contributed by atoms with Gasteiger partial charge in [0.05, 0.1) is 0 Å². The van der Waals surface area contributed by atoms with Crippen LogP contribution in [-0.4, -0.2) is 36.6 Å². The maximum atomic E-state index is 12.5. The van der Waals surface area contributed by atoms with Gasteiger partial charge in [-0.3, -0.25) is 4.79 Å². The number of rotatable bonds is 2. The Kier molecular flexibility index (Phi) is 3.81. The molecule has 1 atom stereocenters. The van der Waals surface area contributed by atoms with Gasteiger partial charge in [-0.1, -0.05) is 31.4 Å². The summed E-state index contributed by atoms with van der Waals surface area (Å²) in [6, 6.07) is 7.85. The zero-order valence-corrected chi connectivity index (χ0v) is 11.9. The van der Waals surface area contributed by atoms with Crippen molar-refractivity contribution < 1.29 is 14.3 Å². The van der Waals surface area contributed by atoms with Crippen molar-refractivity contribution >= 4 is 5.91 Å². The Balaban J connectivity index is 1.66. The van der Waals surface area contributed by atoms with Crippen LogP contribution >= 0.6 is 0 Å². The molecule has 3 rings (SSSR count). The Labute approximate surface area is 119 Å². The highest BCUT2D eigenvalue weighted by Crippen LogP contribution is 2.31. The molecule has 1 aliphatic carbocycles. The van der Waals surface area contributed by atoms with Crippen LogP contribution in [0.5, 0.6) is 11.5 Å². The summed E-state index contributed by atoms with van der Waals surface area (Å²) in [5.74, 6) is 1.41. The molecule has 2 aliphatic rings. The number of amides is 1. The van der Waals surface area contributed by atoms with Crippen molar-refractivity contribution in [3.63, 3.8) is 0 Å². The fourth-order valence-corrected chi connectivity index (χ4v) is 3.02. The van der Waals surface area contributed by atoms with Gasteiger partial charge in [0.2, 0.25) is 6.10 Å². The topological polar surface area (TPSA) is 38.8 Å². The van der Waals surface area contributed by atoms with E-state index in [2.05, 4.69) is 0 Å². The third-order valence-electron chi connectivity index (χ3n) is 4.25. The van der Waals surface area contributed by atoms with E-state index in [0.717, 1.165) is 18.6 Å². The number of para-hydroxylation sites is 2. The fourth-order valence-electron chi connectivity index (χ4n) is 3.02. The molecule has 0 bridgehead atoms. The molecule has 20 heavy (non-hydrogen) atoms. The Bertz CT molecular complexity index is 482. The summed E-state index contributed by atoms with van der Waals surface area (Å²) in [7, 11) is 1.89. The third-order valence-corrected chi connectivity index (χ3v) is 4.25. The second kappa shape index (κ2) is 5.73. The summed E-state index contributed by atoms with van der Waals surface area (Å²) in [4.78, 5) is 14.4. The molecule has 0 aromatic heterocycles. The monoisotopic (exact) mass is 275 g/mol. The quantitative estimate of drug-likeness (QED) is 0.833. The van der Waals surface area contributed by atoms with Crippen molar-refractivity contribution in [2.24, 2.45) is 0 Å². The normalized spacial score (nSPS) is 22.4. The molecule has 4 nitrogen and oxygen atoms in total. The summed E-state index contributed by atoms with van der Waals surface area (Å²) in [6.07, 6.45) is 5.41. The van der Waals surface area contributed by atoms with Crippen molar-refractivity contribution in [2.45, 2.75) is 44.2 Å². The van der Waals surface area contributed by atoms with Gasteiger partial charge in [-0.05, 0) is 25.0 Å². The molecule has 1 aromatic carbocycles. The number of benzene rings is 1. The SMILES string of the molecule is CN(C(=O)C1COc2ccccc2O1)C1CCCCC1. The Morgan fingerprint density at radius 3 is 2.60 bits per heavy atom. The number of carbonyl (C=O) groups is 1. The summed E-state index contributed by atoms with van der Waals surface area (Å²) in [5.41, 5.74) is 0. The lowest BCUT2D eigenvalue weighted by molar-refractivity contribution is -0.142. The van der Waals surface area contributed by atoms with Crippen LogP contribution < -0.4 is 9.47 Å². The second-order valence-electron chi connectivity index (χ2n) is 5.61. The molecule has 4 heteroatoms. The number of hydrogen-bond acceptors (Lipinski definition) is 3. The highest BCUT2D eigenvalue weighted by Gasteiger charge is 2.32. The maximum Gasteiger partial charge on any atom is 0.267 e. The molecule has 1 amide bonds. The van der Waals surface area contributed by atoms with E-state index < -0.39 is 6.10 Å². The third kappa shape index (κ3) is 2.60. The van der Waals surface area contributed by atoms with Gasteiger partial charge in [-0.15, -0.1) is 0 Å². The summed E-state index contributed by atoms with van der Waals surface area (Å²) < 4.78 is 11.4. The predicted molar refractivity (Wildman–Crippen MR) is 76.0 cm³/mol. The minimum Gasteiger partial charge on any atom is -0.485 e. The van der Waals surface area contributed by atoms with Crippen LogP contribution in [0.4, 0.5) is 0 Å². The molecule has 108 valence electrons. The maximum absolute atomic E-state index is 12.5. The van der Waals surface area contributed by atoms with E-state index in [9.17, 15) is 4.79 Å². The number of ether oxygens (including phenoxy) is 2. The molecule has 0 saturated heterocycles. The summed E-state index contributed by atoms with van der Waals surface area (Å²) >= 11 is 0. The highest BCUT2D eigenvalue weighted by molar-refractivity contribution is 5.82. The first-order chi connectivity index (χ1) is 9.75. The average Bonchev–Trinajstić information content (AvgIpc) is 2.54. The van der Waals surface area contributed by atoms with Crippen LogP contribution in [0.2, 0.25) is 0 Å². The standard InChI is InChI=1S/C16H21NO3/c1-17(12-7-3-2-4-8-12)16(18)15-11-19-13-9-5-6-10-14(13)20-15/h5-6,9-10,12,15H,2-4,7-8,11H2,1H3. The number of fused-ring (bicyclic) bond motifs is 1. The van der Waals surface area contributed by atoms with Crippen molar-refractivity contribution in [1.82, 2.24) is 4.90 Å². The lowest BCUT2D eigenvalue weighted by Crippen LogP contribution is -2.49. The average molecular weight is 275 g/mol. The van der Waals surface area contributed by atoms with Gasteiger partial charge in [0, 0.05) is 13.1 Å². The molecule has 0 radical (unpaired) electrons. The zero-order valence-electron chi connectivity index (χ0n) is 11.9. The minimum atomic E-state index is -0.517. The van der Waals surface area contributed by atoms with Crippen LogP contribution in [0.3, 0.4) is 0 Å². The molecule has 0 spiro atoms. The van der Waals surface area contributed by atoms with Crippen molar-refractivity contribution in [2.75, 3.05) is 13.7 Å². The lowest BCUT2D eigenvalue weighted by Gasteiger charge is -2.35. The lowest BCUT2D eigenvalue weighted by atomic mass is 9.94. The van der Waals surface area contributed by atoms with E-state index >= 15 is 0 Å². The van der Waals surface area contributed by atoms with Gasteiger partial charge < -0.3 is 14.4 Å². The Hall–Kier alpha value is -1.71. The first kappa shape index (κ1) is 13.3. The Morgan fingerprint density at radius 1 is 1.15 bits per heavy atom. The van der Waals surface area contributed by atoms with Crippen molar-refractivity contribution in [1.29, 1.82) is 0 Å². The minimum absolute atomic E-state index is 0.0337. The van der Waals surface area contributed by atoms with E-state index in [4.69, 9.17) is 9.47 Å². The smallest absolute Gasteiger partial charge is 0.267 e. The highest BCUT2D eigenvalue weighted by atomic mass is 16.6. The summed E-state index contributed by atoms with van der Waals surface area (Å²) in [6.45, 7) is 0.299. The van der Waals surface area contributed by atoms with Gasteiger partial charge >= 0.3 is 0 Å². The molecule has 1 aromatic rings. The van der Waals surface area contributed by atoms with Gasteiger partial charge in [-0.2, -0.15) is 0 Å². The van der Waals surface area contributed by atoms with Gasteiger partial charge in [-0.25, -0.2) is 0 Å². The Morgan fingerprint density at radius 2 is 1.85 bits per heavy atom. The van der Waals surface area contributed by atoms with Gasteiger partial charge in [0.25, 0.3) is 5.91 Å². The number of likely N-dealkylation sites (N-methyl/N-ethyl adjacent to an activating group) is 1. The van der Waals surface area contributed by atoms with Crippen LogP contribution in [0, 0.1) is 0 Å². The molecule has 0 N–H and O–H groups in total. The van der Waals surface area contributed by atoms with E-state index in [0.29, 0.717) is 18.4 Å². The van der Waals surface area contributed by atoms with Gasteiger partial charge in [0.1, 0.15) is 6.61 Å². The summed E-state index contributed by atoms with van der Waals surface area (Å²) in [5, 5.41) is 0. The van der Waals surface area contributed by atoms with Crippen molar-refractivity contribution in [3.8, 4) is 11.5 Å². The number of carbonyl (C=O) groups excluding carboxylic acids is 1. The first-order valence-electron chi connectivity index (χ1n) is 7.41. The van der Waals surface area contributed by atoms with E-state index in [1.165, 1.54) is 19.3 Å². The molecule has 1 heterocycles. The largest absolute Gasteiger partial charge is 0.485 e. The zero-order chi connectivity index (χ0) is 13.9. The second-order valence-corrected chi connectivity index (χ2v) is 5.61. The molecule has 1 unspecified atom stereocenters. The van der Waals surface area contributed by atoms with Crippen LogP contribution in [0.1, 0.15) is 32.1 Å². The number of nitrogens with zero attached hydrogens (tertiary/aromatic N) is 1. The van der Waals surface area contributed by atoms with E-state index in [1.807, 2.05) is 36.2 Å².